The maximum absolute atomic E-state index is 13.1. The molecule has 9 heteroatoms. The first-order valence-corrected chi connectivity index (χ1v) is 12.2. The van der Waals surface area contributed by atoms with Crippen LogP contribution in [-0.2, 0) is 19.6 Å². The summed E-state index contributed by atoms with van der Waals surface area (Å²) in [7, 11) is -4.02. The van der Waals surface area contributed by atoms with Crippen molar-refractivity contribution in [3.8, 4) is 0 Å². The van der Waals surface area contributed by atoms with Gasteiger partial charge in [-0.3, -0.25) is 9.52 Å². The van der Waals surface area contributed by atoms with Crippen LogP contribution in [0.4, 0.5) is 10.1 Å². The van der Waals surface area contributed by atoms with Crippen molar-refractivity contribution in [2.75, 3.05) is 11.3 Å². The Labute approximate surface area is 197 Å². The number of sulfonamides is 1. The highest BCUT2D eigenvalue weighted by Crippen LogP contribution is 2.40. The van der Waals surface area contributed by atoms with Crippen molar-refractivity contribution in [2.45, 2.75) is 23.8 Å². The highest BCUT2D eigenvalue weighted by molar-refractivity contribution is 7.92. The lowest BCUT2D eigenvalue weighted by molar-refractivity contribution is -0.125. The van der Waals surface area contributed by atoms with Gasteiger partial charge < -0.3 is 10.1 Å². The van der Waals surface area contributed by atoms with E-state index in [-0.39, 0.29) is 22.2 Å². The zero-order valence-electron chi connectivity index (χ0n) is 18.1. The average molecular weight is 483 g/mol. The molecule has 7 nitrogen and oxygen atoms in total. The molecule has 0 bridgehead atoms. The Morgan fingerprint density at radius 1 is 0.971 bits per heavy atom. The lowest BCUT2D eigenvalue weighted by atomic mass is 10.0. The van der Waals surface area contributed by atoms with Crippen LogP contribution in [0.2, 0.25) is 0 Å². The van der Waals surface area contributed by atoms with E-state index in [1.54, 1.807) is 0 Å². The summed E-state index contributed by atoms with van der Waals surface area (Å²) < 4.78 is 45.8. The summed E-state index contributed by atoms with van der Waals surface area (Å²) in [5.41, 5.74) is 1.16. The van der Waals surface area contributed by atoms with Gasteiger partial charge in [-0.25, -0.2) is 17.6 Å². The van der Waals surface area contributed by atoms with Crippen LogP contribution in [0.25, 0.3) is 0 Å². The summed E-state index contributed by atoms with van der Waals surface area (Å²) in [4.78, 5) is 24.7. The fraction of sp³-hybridized carbons (Fsp3) is 0.200. The Morgan fingerprint density at radius 2 is 1.68 bits per heavy atom. The van der Waals surface area contributed by atoms with Gasteiger partial charge in [-0.15, -0.1) is 0 Å². The number of ether oxygens (including phenoxy) is 1. The first kappa shape index (κ1) is 23.4. The van der Waals surface area contributed by atoms with Crippen molar-refractivity contribution in [2.24, 2.45) is 5.92 Å². The zero-order chi connectivity index (χ0) is 24.1. The average Bonchev–Trinajstić information content (AvgIpc) is 3.68. The molecule has 1 aliphatic rings. The van der Waals surface area contributed by atoms with E-state index < -0.39 is 34.3 Å². The van der Waals surface area contributed by atoms with Crippen LogP contribution in [0.3, 0.4) is 0 Å². The maximum Gasteiger partial charge on any atom is 0.338 e. The molecule has 1 amide bonds. The van der Waals surface area contributed by atoms with Crippen LogP contribution in [0.5, 0.6) is 0 Å². The van der Waals surface area contributed by atoms with Gasteiger partial charge in [-0.1, -0.05) is 36.4 Å². The number of hydrogen-bond acceptors (Lipinski definition) is 5. The number of amides is 1. The van der Waals surface area contributed by atoms with Crippen molar-refractivity contribution in [3.63, 3.8) is 0 Å². The minimum atomic E-state index is -4.02. The molecule has 0 spiro atoms. The van der Waals surface area contributed by atoms with E-state index in [2.05, 4.69) is 10.0 Å². The third kappa shape index (κ3) is 5.99. The lowest BCUT2D eigenvalue weighted by Gasteiger charge is -2.18. The predicted molar refractivity (Wildman–Crippen MR) is 124 cm³/mol. The fourth-order valence-electron chi connectivity index (χ4n) is 3.52. The number of rotatable bonds is 9. The van der Waals surface area contributed by atoms with Gasteiger partial charge in [-0.2, -0.15) is 0 Å². The monoisotopic (exact) mass is 482 g/mol. The molecular formula is C25H23FN2O5S. The van der Waals surface area contributed by atoms with E-state index in [0.717, 1.165) is 36.6 Å². The van der Waals surface area contributed by atoms with E-state index in [4.69, 9.17) is 4.74 Å². The summed E-state index contributed by atoms with van der Waals surface area (Å²) in [6.45, 7) is -0.486. The Kier molecular flexibility index (Phi) is 6.93. The van der Waals surface area contributed by atoms with E-state index in [1.807, 2.05) is 30.3 Å². The molecule has 3 aromatic carbocycles. The Morgan fingerprint density at radius 3 is 2.35 bits per heavy atom. The molecule has 1 aliphatic carbocycles. The van der Waals surface area contributed by atoms with Crippen LogP contribution >= 0.6 is 0 Å². The summed E-state index contributed by atoms with van der Waals surface area (Å²) in [5.74, 6) is -1.39. The third-order valence-corrected chi connectivity index (χ3v) is 6.76. The summed E-state index contributed by atoms with van der Waals surface area (Å²) >= 11 is 0. The molecular weight excluding hydrogens is 459 g/mol. The second-order valence-electron chi connectivity index (χ2n) is 8.01. The van der Waals surface area contributed by atoms with Crippen LogP contribution in [-0.4, -0.2) is 26.9 Å². The minimum absolute atomic E-state index is 0.0171. The molecule has 1 unspecified atom stereocenters. The molecule has 34 heavy (non-hydrogen) atoms. The number of hydrogen-bond donors (Lipinski definition) is 2. The molecule has 4 rings (SSSR count). The van der Waals surface area contributed by atoms with Crippen molar-refractivity contribution < 1.29 is 27.1 Å². The van der Waals surface area contributed by atoms with E-state index in [9.17, 15) is 22.4 Å². The number of carbonyl (C=O) groups is 2. The minimum Gasteiger partial charge on any atom is -0.452 e. The first-order valence-electron chi connectivity index (χ1n) is 10.7. The molecule has 0 heterocycles. The van der Waals surface area contributed by atoms with Crippen molar-refractivity contribution >= 4 is 27.6 Å². The smallest absolute Gasteiger partial charge is 0.338 e. The SMILES string of the molecule is O=C(COC(=O)c1cccc(S(=O)(=O)Nc2ccc(F)cc2)c1)NC(c1ccccc1)C1CC1. The Bertz CT molecular complexity index is 1280. The van der Waals surface area contributed by atoms with Gasteiger partial charge in [0.05, 0.1) is 16.5 Å². The van der Waals surface area contributed by atoms with Crippen molar-refractivity contribution in [1.82, 2.24) is 5.32 Å². The van der Waals surface area contributed by atoms with E-state index in [1.165, 1.54) is 30.3 Å². The van der Waals surface area contributed by atoms with Gasteiger partial charge in [0, 0.05) is 5.69 Å². The first-order chi connectivity index (χ1) is 16.3. The topological polar surface area (TPSA) is 102 Å². The lowest BCUT2D eigenvalue weighted by Crippen LogP contribution is -2.33. The van der Waals surface area contributed by atoms with Gasteiger partial charge in [0.15, 0.2) is 6.61 Å². The quantitative estimate of drug-likeness (QED) is 0.448. The second kappa shape index (κ2) is 10.0. The molecule has 0 saturated heterocycles. The molecule has 1 fully saturated rings. The van der Waals surface area contributed by atoms with Gasteiger partial charge in [-0.05, 0) is 66.8 Å². The Hall–Kier alpha value is -3.72. The molecule has 0 aromatic heterocycles. The number of nitrogens with one attached hydrogen (secondary N) is 2. The molecule has 0 aliphatic heterocycles. The highest BCUT2D eigenvalue weighted by atomic mass is 32.2. The van der Waals surface area contributed by atoms with Gasteiger partial charge in [0.25, 0.3) is 15.9 Å². The van der Waals surface area contributed by atoms with Crippen LogP contribution in [0.1, 0.15) is 34.8 Å². The van der Waals surface area contributed by atoms with Crippen LogP contribution in [0, 0.1) is 11.7 Å². The maximum atomic E-state index is 13.1. The van der Waals surface area contributed by atoms with Gasteiger partial charge in [0.1, 0.15) is 5.82 Å². The fourth-order valence-corrected chi connectivity index (χ4v) is 4.62. The largest absolute Gasteiger partial charge is 0.452 e. The number of esters is 1. The highest BCUT2D eigenvalue weighted by Gasteiger charge is 2.33. The molecule has 1 atom stereocenters. The van der Waals surface area contributed by atoms with Crippen molar-refractivity contribution in [1.29, 1.82) is 0 Å². The van der Waals surface area contributed by atoms with Crippen LogP contribution in [0.15, 0.2) is 83.8 Å². The molecule has 3 aromatic rings. The molecule has 2 N–H and O–H groups in total. The van der Waals surface area contributed by atoms with Crippen LogP contribution < -0.4 is 10.0 Å². The number of anilines is 1. The van der Waals surface area contributed by atoms with E-state index >= 15 is 0 Å². The number of carbonyl (C=O) groups excluding carboxylic acids is 2. The Balaban J connectivity index is 1.37. The number of halogens is 1. The summed E-state index contributed by atoms with van der Waals surface area (Å²) in [6.07, 6.45) is 2.04. The number of benzene rings is 3. The normalized spacial score (nSPS) is 14.1. The summed E-state index contributed by atoms with van der Waals surface area (Å²) in [5, 5.41) is 2.92. The second-order valence-corrected chi connectivity index (χ2v) is 9.69. The van der Waals surface area contributed by atoms with E-state index in [0.29, 0.717) is 5.92 Å². The predicted octanol–water partition coefficient (Wildman–Crippen LogP) is 4.05. The molecule has 0 radical (unpaired) electrons. The van der Waals surface area contributed by atoms with Gasteiger partial charge in [0.2, 0.25) is 0 Å². The van der Waals surface area contributed by atoms with Crippen molar-refractivity contribution in [3.05, 3.63) is 95.8 Å². The molecule has 1 saturated carbocycles. The third-order valence-electron chi connectivity index (χ3n) is 5.38. The molecule has 176 valence electrons. The zero-order valence-corrected chi connectivity index (χ0v) is 18.9. The standard InChI is InChI=1S/C25H23FN2O5S/c26-20-11-13-21(14-12-20)28-34(31,32)22-8-4-7-19(15-22)25(30)33-16-23(29)27-24(18-9-10-18)17-5-2-1-3-6-17/h1-8,11-15,18,24,28H,9-10,16H2,(H,27,29). The summed E-state index contributed by atoms with van der Waals surface area (Å²) in [6, 6.07) is 19.6. The van der Waals surface area contributed by atoms with Gasteiger partial charge >= 0.3 is 5.97 Å².